The fourth-order valence-corrected chi connectivity index (χ4v) is 5.41. The van der Waals surface area contributed by atoms with E-state index in [2.05, 4.69) is 26.8 Å². The number of amides is 3. The fourth-order valence-electron chi connectivity index (χ4n) is 5.41. The third kappa shape index (κ3) is 7.85. The van der Waals surface area contributed by atoms with Gasteiger partial charge >= 0.3 is 12.1 Å². The Bertz CT molecular complexity index is 1460. The van der Waals surface area contributed by atoms with Gasteiger partial charge in [-0.3, -0.25) is 4.90 Å². The zero-order valence-corrected chi connectivity index (χ0v) is 26.5. The Balaban J connectivity index is 1.19. The Kier molecular flexibility index (Phi) is 9.38. The summed E-state index contributed by atoms with van der Waals surface area (Å²) in [5.41, 5.74) is 3.99. The van der Waals surface area contributed by atoms with Crippen molar-refractivity contribution in [2.24, 2.45) is 0 Å². The molecule has 44 heavy (non-hydrogen) atoms. The largest absolute Gasteiger partial charge is 0.444 e. The number of aryl methyl sites for hydroxylation is 1. The van der Waals surface area contributed by atoms with E-state index in [4.69, 9.17) is 14.5 Å². The van der Waals surface area contributed by atoms with Gasteiger partial charge in [-0.2, -0.15) is 5.10 Å². The summed E-state index contributed by atoms with van der Waals surface area (Å²) in [7, 11) is 0. The van der Waals surface area contributed by atoms with Crippen molar-refractivity contribution in [1.29, 1.82) is 0 Å². The van der Waals surface area contributed by atoms with Crippen molar-refractivity contribution in [3.63, 3.8) is 0 Å². The van der Waals surface area contributed by atoms with E-state index in [0.717, 1.165) is 47.3 Å². The van der Waals surface area contributed by atoms with E-state index in [1.54, 1.807) is 26.9 Å². The van der Waals surface area contributed by atoms with E-state index >= 15 is 0 Å². The predicted octanol–water partition coefficient (Wildman–Crippen LogP) is 5.63. The highest BCUT2D eigenvalue weighted by molar-refractivity contribution is 5.75. The summed E-state index contributed by atoms with van der Waals surface area (Å²) in [5, 5.41) is 10.8. The number of rotatable bonds is 8. The molecule has 3 aromatic rings. The van der Waals surface area contributed by atoms with Crippen LogP contribution in [0.2, 0.25) is 0 Å². The van der Waals surface area contributed by atoms with Crippen LogP contribution in [0.25, 0.3) is 11.3 Å². The molecule has 12 nitrogen and oxygen atoms in total. The first-order valence-electron chi connectivity index (χ1n) is 15.4. The number of aromatic nitrogens is 4. The Morgan fingerprint density at radius 2 is 1.93 bits per heavy atom. The van der Waals surface area contributed by atoms with Crippen LogP contribution in [0, 0.1) is 6.92 Å². The average Bonchev–Trinajstić information content (AvgIpc) is 3.41. The molecule has 0 saturated carbocycles. The molecular weight excluding hydrogens is 560 g/mol. The maximum atomic E-state index is 12.9. The zero-order valence-electron chi connectivity index (χ0n) is 26.5. The van der Waals surface area contributed by atoms with Crippen molar-refractivity contribution >= 4 is 23.8 Å². The molecule has 4 heterocycles. The highest BCUT2D eigenvalue weighted by Gasteiger charge is 2.33. The molecule has 2 saturated heterocycles. The van der Waals surface area contributed by atoms with Crippen LogP contribution in [-0.4, -0.2) is 79.1 Å². The molecule has 12 heteroatoms. The first-order valence-corrected chi connectivity index (χ1v) is 15.4. The van der Waals surface area contributed by atoms with Gasteiger partial charge in [0.05, 0.1) is 49.1 Å². The monoisotopic (exact) mass is 604 g/mol. The van der Waals surface area contributed by atoms with Crippen LogP contribution in [-0.2, 0) is 16.0 Å². The van der Waals surface area contributed by atoms with E-state index in [0.29, 0.717) is 32.1 Å². The van der Waals surface area contributed by atoms with E-state index in [1.165, 1.54) is 0 Å². The highest BCUT2D eigenvalue weighted by atomic mass is 16.6. The number of nitrogens with zero attached hydrogens (tertiary/aromatic N) is 6. The first-order chi connectivity index (χ1) is 20.9. The minimum Gasteiger partial charge on any atom is -0.444 e. The van der Waals surface area contributed by atoms with Crippen molar-refractivity contribution in [2.45, 2.75) is 91.3 Å². The second-order valence-electron chi connectivity index (χ2n) is 12.8. The van der Waals surface area contributed by atoms with Crippen molar-refractivity contribution in [1.82, 2.24) is 34.9 Å². The van der Waals surface area contributed by atoms with Gasteiger partial charge in [-0.05, 0) is 84.1 Å². The van der Waals surface area contributed by atoms with E-state index in [1.807, 2.05) is 65.9 Å². The average molecular weight is 605 g/mol. The summed E-state index contributed by atoms with van der Waals surface area (Å²) >= 11 is 0. The van der Waals surface area contributed by atoms with Gasteiger partial charge in [0, 0.05) is 24.8 Å². The van der Waals surface area contributed by atoms with E-state index in [9.17, 15) is 9.59 Å². The van der Waals surface area contributed by atoms with E-state index in [-0.39, 0.29) is 30.5 Å². The van der Waals surface area contributed by atoms with Crippen LogP contribution in [0.1, 0.15) is 71.2 Å². The summed E-state index contributed by atoms with van der Waals surface area (Å²) in [4.78, 5) is 38.0. The van der Waals surface area contributed by atoms with Gasteiger partial charge in [-0.25, -0.2) is 24.2 Å². The number of benzene rings is 1. The van der Waals surface area contributed by atoms with Gasteiger partial charge in [0.15, 0.2) is 0 Å². The lowest BCUT2D eigenvalue weighted by atomic mass is 10.0. The van der Waals surface area contributed by atoms with Crippen LogP contribution in [0.3, 0.4) is 0 Å². The van der Waals surface area contributed by atoms with Crippen LogP contribution >= 0.6 is 0 Å². The number of anilines is 2. The Morgan fingerprint density at radius 1 is 1.14 bits per heavy atom. The number of piperidine rings is 1. The normalized spacial score (nSPS) is 17.4. The third-order valence-electron chi connectivity index (χ3n) is 7.59. The molecule has 0 bridgehead atoms. The topological polar surface area (TPSA) is 127 Å². The number of carbonyl (C=O) groups is 2. The molecule has 2 fully saturated rings. The number of hydrogen-bond acceptors (Lipinski definition) is 8. The minimum absolute atomic E-state index is 0.0760. The number of hydrogen-bond donors (Lipinski definition) is 2. The standard InChI is InChI=1S/C32H44N8O4/c1-21(2)43-26-19-38(20-26)30(41)34-16-24-11-10-23(15-22(24)3)27-12-13-33-29(37-27)36-25-17-35-40(18-25)28-9-7-8-14-39(28)31(42)44-32(4,5)6/h10-13,15,17-18,21,26,28H,7-9,14,16,19-20H2,1-6H3,(H,34,41)(H,33,36,37). The van der Waals surface area contributed by atoms with E-state index < -0.39 is 5.60 Å². The van der Waals surface area contributed by atoms with Gasteiger partial charge in [-0.1, -0.05) is 12.1 Å². The van der Waals surface area contributed by atoms with Gasteiger partial charge in [0.2, 0.25) is 5.95 Å². The van der Waals surface area contributed by atoms with Gasteiger partial charge < -0.3 is 25.0 Å². The second kappa shape index (κ2) is 13.2. The Hall–Kier alpha value is -4.19. The van der Waals surface area contributed by atoms with Crippen LogP contribution in [0.4, 0.5) is 21.2 Å². The van der Waals surface area contributed by atoms with Gasteiger partial charge in [0.1, 0.15) is 11.8 Å². The zero-order chi connectivity index (χ0) is 31.4. The summed E-state index contributed by atoms with van der Waals surface area (Å²) < 4.78 is 13.2. The number of likely N-dealkylation sites (tertiary alicyclic amines) is 2. The number of urea groups is 1. The molecule has 2 N–H and O–H groups in total. The maximum absolute atomic E-state index is 12.9. The SMILES string of the molecule is Cc1cc(-c2ccnc(Nc3cnn(C4CCCCN4C(=O)OC(C)(C)C)c3)n2)ccc1CNC(=O)N1CC(OC(C)C)C1. The fraction of sp³-hybridized carbons (Fsp3) is 0.531. The number of ether oxygens (including phenoxy) is 2. The lowest BCUT2D eigenvalue weighted by Gasteiger charge is -2.39. The Morgan fingerprint density at radius 3 is 2.66 bits per heavy atom. The van der Waals surface area contributed by atoms with Gasteiger partial charge in [0.25, 0.3) is 0 Å². The quantitative estimate of drug-likeness (QED) is 0.339. The molecule has 236 valence electrons. The van der Waals surface area contributed by atoms with Crippen LogP contribution in [0.15, 0.2) is 42.9 Å². The summed E-state index contributed by atoms with van der Waals surface area (Å²) in [5.74, 6) is 0.443. The summed E-state index contributed by atoms with van der Waals surface area (Å²) in [6, 6.07) is 7.88. The lowest BCUT2D eigenvalue weighted by molar-refractivity contribution is -0.0641. The molecule has 1 aromatic carbocycles. The molecule has 1 atom stereocenters. The summed E-state index contributed by atoms with van der Waals surface area (Å²) in [6.45, 7) is 14.0. The van der Waals surface area contributed by atoms with Gasteiger partial charge in [-0.15, -0.1) is 0 Å². The molecule has 3 amide bonds. The predicted molar refractivity (Wildman–Crippen MR) is 167 cm³/mol. The minimum atomic E-state index is -0.561. The highest BCUT2D eigenvalue weighted by Crippen LogP contribution is 2.29. The lowest BCUT2D eigenvalue weighted by Crippen LogP contribution is -2.58. The maximum Gasteiger partial charge on any atom is 0.411 e. The number of nitrogens with one attached hydrogen (secondary N) is 2. The van der Waals surface area contributed by atoms with Crippen molar-refractivity contribution in [3.05, 3.63) is 54.0 Å². The molecule has 1 unspecified atom stereocenters. The Labute approximate surface area is 259 Å². The molecule has 0 spiro atoms. The van der Waals surface area contributed by atoms with Crippen LogP contribution in [0.5, 0.6) is 0 Å². The third-order valence-corrected chi connectivity index (χ3v) is 7.59. The molecule has 2 aromatic heterocycles. The molecule has 2 aliphatic heterocycles. The molecule has 5 rings (SSSR count). The molecule has 2 aliphatic rings. The second-order valence-corrected chi connectivity index (χ2v) is 12.8. The van der Waals surface area contributed by atoms with Crippen molar-refractivity contribution in [3.8, 4) is 11.3 Å². The van der Waals surface area contributed by atoms with Crippen molar-refractivity contribution < 1.29 is 19.1 Å². The summed E-state index contributed by atoms with van der Waals surface area (Å²) in [6.07, 6.45) is 7.79. The molecule has 0 radical (unpaired) electrons. The first kappa shape index (κ1) is 31.2. The number of carbonyl (C=O) groups excluding carboxylic acids is 2. The van der Waals surface area contributed by atoms with Crippen LogP contribution < -0.4 is 10.6 Å². The smallest absolute Gasteiger partial charge is 0.411 e. The molecule has 0 aliphatic carbocycles. The molecular formula is C32H44N8O4. The van der Waals surface area contributed by atoms with Crippen molar-refractivity contribution in [2.75, 3.05) is 25.0 Å².